The van der Waals surface area contributed by atoms with Crippen LogP contribution in [0.4, 0.5) is 0 Å². The van der Waals surface area contributed by atoms with Crippen LogP contribution in [-0.4, -0.2) is 39.0 Å². The van der Waals surface area contributed by atoms with Gasteiger partial charge in [-0.3, -0.25) is 9.58 Å². The van der Waals surface area contributed by atoms with E-state index in [1.54, 1.807) is 0 Å². The van der Waals surface area contributed by atoms with Crippen molar-refractivity contribution in [2.45, 2.75) is 33.0 Å². The van der Waals surface area contributed by atoms with Crippen molar-refractivity contribution in [2.75, 3.05) is 13.1 Å². The zero-order chi connectivity index (χ0) is 11.0. The Bertz CT molecular complexity index is 358. The van der Waals surface area contributed by atoms with Crippen molar-refractivity contribution in [3.05, 3.63) is 16.4 Å². The summed E-state index contributed by atoms with van der Waals surface area (Å²) < 4.78 is 1.93. The van der Waals surface area contributed by atoms with E-state index in [0.717, 1.165) is 42.6 Å². The van der Waals surface area contributed by atoms with Gasteiger partial charge < -0.3 is 5.11 Å². The van der Waals surface area contributed by atoms with E-state index >= 15 is 0 Å². The van der Waals surface area contributed by atoms with Crippen LogP contribution in [0.25, 0.3) is 0 Å². The van der Waals surface area contributed by atoms with Gasteiger partial charge in [0, 0.05) is 26.2 Å². The molecule has 5 heteroatoms. The fraction of sp³-hybridized carbons (Fsp3) is 0.700. The number of aryl methyl sites for hydroxylation is 2. The molecular formula is C10H16ClN3O. The van der Waals surface area contributed by atoms with Crippen molar-refractivity contribution < 1.29 is 5.11 Å². The highest BCUT2D eigenvalue weighted by Crippen LogP contribution is 2.23. The topological polar surface area (TPSA) is 41.3 Å². The SMILES string of the molecule is CCn1nc(C)c(Cl)c1CN1CC(O)C1. The Labute approximate surface area is 94.4 Å². The lowest BCUT2D eigenvalue weighted by Crippen LogP contribution is -2.50. The second-order valence-electron chi connectivity index (χ2n) is 4.01. The molecule has 0 saturated carbocycles. The number of halogens is 1. The molecule has 0 atom stereocenters. The number of nitrogens with zero attached hydrogens (tertiary/aromatic N) is 3. The molecule has 0 amide bonds. The summed E-state index contributed by atoms with van der Waals surface area (Å²) in [5.41, 5.74) is 1.94. The van der Waals surface area contributed by atoms with Crippen LogP contribution in [0.15, 0.2) is 0 Å². The van der Waals surface area contributed by atoms with Gasteiger partial charge in [0.05, 0.1) is 22.5 Å². The first-order valence-corrected chi connectivity index (χ1v) is 5.61. The Balaban J connectivity index is 2.12. The fourth-order valence-electron chi connectivity index (χ4n) is 1.90. The summed E-state index contributed by atoms with van der Waals surface area (Å²) in [4.78, 5) is 2.17. The molecule has 1 aromatic heterocycles. The molecular weight excluding hydrogens is 214 g/mol. The summed E-state index contributed by atoms with van der Waals surface area (Å²) in [5.74, 6) is 0. The first-order valence-electron chi connectivity index (χ1n) is 5.24. The molecule has 84 valence electrons. The molecule has 2 rings (SSSR count). The highest BCUT2D eigenvalue weighted by Gasteiger charge is 2.26. The van der Waals surface area contributed by atoms with Gasteiger partial charge in [0.2, 0.25) is 0 Å². The lowest BCUT2D eigenvalue weighted by Gasteiger charge is -2.35. The molecule has 1 N–H and O–H groups in total. The Morgan fingerprint density at radius 3 is 2.73 bits per heavy atom. The Morgan fingerprint density at radius 2 is 2.20 bits per heavy atom. The number of aromatic nitrogens is 2. The number of hydrogen-bond donors (Lipinski definition) is 1. The van der Waals surface area contributed by atoms with Gasteiger partial charge in [-0.1, -0.05) is 11.6 Å². The van der Waals surface area contributed by atoms with Crippen molar-refractivity contribution in [1.29, 1.82) is 0 Å². The number of rotatable bonds is 3. The molecule has 4 nitrogen and oxygen atoms in total. The van der Waals surface area contributed by atoms with Gasteiger partial charge in [-0.15, -0.1) is 0 Å². The van der Waals surface area contributed by atoms with E-state index in [1.807, 2.05) is 11.6 Å². The first kappa shape index (κ1) is 10.9. The minimum absolute atomic E-state index is 0.164. The maximum atomic E-state index is 9.20. The zero-order valence-electron chi connectivity index (χ0n) is 9.07. The van der Waals surface area contributed by atoms with Crippen LogP contribution in [-0.2, 0) is 13.1 Å². The zero-order valence-corrected chi connectivity index (χ0v) is 9.83. The van der Waals surface area contributed by atoms with Crippen molar-refractivity contribution in [2.24, 2.45) is 0 Å². The molecule has 15 heavy (non-hydrogen) atoms. The molecule has 0 aromatic carbocycles. The molecule has 0 unspecified atom stereocenters. The van der Waals surface area contributed by atoms with Gasteiger partial charge in [-0.25, -0.2) is 0 Å². The molecule has 1 saturated heterocycles. The minimum atomic E-state index is -0.164. The molecule has 1 aliphatic heterocycles. The highest BCUT2D eigenvalue weighted by atomic mass is 35.5. The summed E-state index contributed by atoms with van der Waals surface area (Å²) in [6.07, 6.45) is -0.164. The normalized spacial score (nSPS) is 18.1. The number of likely N-dealkylation sites (tertiary alicyclic amines) is 1. The highest BCUT2D eigenvalue weighted by molar-refractivity contribution is 6.31. The van der Waals surface area contributed by atoms with E-state index in [-0.39, 0.29) is 6.10 Å². The Kier molecular flexibility index (Phi) is 3.00. The molecule has 0 spiro atoms. The lowest BCUT2D eigenvalue weighted by atomic mass is 10.1. The monoisotopic (exact) mass is 229 g/mol. The van der Waals surface area contributed by atoms with E-state index in [9.17, 15) is 5.11 Å². The number of aliphatic hydroxyl groups excluding tert-OH is 1. The molecule has 0 radical (unpaired) electrons. The maximum Gasteiger partial charge on any atom is 0.0860 e. The number of β-amino-alcohol motifs (C(OH)–C–C–N with tert-alkyl or cyclic N) is 1. The summed E-state index contributed by atoms with van der Waals surface area (Å²) in [5, 5.41) is 14.3. The largest absolute Gasteiger partial charge is 0.390 e. The van der Waals surface area contributed by atoms with Crippen LogP contribution >= 0.6 is 11.6 Å². The Hall–Kier alpha value is -0.580. The maximum absolute atomic E-state index is 9.20. The van der Waals surface area contributed by atoms with Crippen molar-refractivity contribution in [3.63, 3.8) is 0 Å². The summed E-state index contributed by atoms with van der Waals surface area (Å²) in [6, 6.07) is 0. The average Bonchev–Trinajstić information content (AvgIpc) is 2.43. The standard InChI is InChI=1S/C10H16ClN3O/c1-3-14-9(10(11)7(2)12-14)6-13-4-8(15)5-13/h8,15H,3-6H2,1-2H3. The van der Waals surface area contributed by atoms with E-state index in [0.29, 0.717) is 0 Å². The van der Waals surface area contributed by atoms with Crippen molar-refractivity contribution in [3.8, 4) is 0 Å². The third-order valence-corrected chi connectivity index (χ3v) is 3.26. The van der Waals surface area contributed by atoms with E-state index in [1.165, 1.54) is 0 Å². The first-order chi connectivity index (χ1) is 7.11. The van der Waals surface area contributed by atoms with Crippen molar-refractivity contribution >= 4 is 11.6 Å². The van der Waals surface area contributed by atoms with Gasteiger partial charge in [-0.2, -0.15) is 5.10 Å². The van der Waals surface area contributed by atoms with Crippen LogP contribution in [0.1, 0.15) is 18.3 Å². The second kappa shape index (κ2) is 4.12. The predicted molar refractivity (Wildman–Crippen MR) is 58.9 cm³/mol. The van der Waals surface area contributed by atoms with Crippen LogP contribution < -0.4 is 0 Å². The van der Waals surface area contributed by atoms with E-state index in [4.69, 9.17) is 11.6 Å². The fourth-order valence-corrected chi connectivity index (χ4v) is 2.10. The van der Waals surface area contributed by atoms with Gasteiger partial charge in [-0.05, 0) is 13.8 Å². The lowest BCUT2D eigenvalue weighted by molar-refractivity contribution is -0.00424. The molecule has 0 aliphatic carbocycles. The molecule has 1 fully saturated rings. The third-order valence-electron chi connectivity index (χ3n) is 2.76. The number of hydrogen-bond acceptors (Lipinski definition) is 3. The van der Waals surface area contributed by atoms with E-state index < -0.39 is 0 Å². The van der Waals surface area contributed by atoms with E-state index in [2.05, 4.69) is 16.9 Å². The molecule has 2 heterocycles. The van der Waals surface area contributed by atoms with Crippen LogP contribution in [0.5, 0.6) is 0 Å². The number of aliphatic hydroxyl groups is 1. The van der Waals surface area contributed by atoms with Crippen molar-refractivity contribution in [1.82, 2.24) is 14.7 Å². The quantitative estimate of drug-likeness (QED) is 0.842. The second-order valence-corrected chi connectivity index (χ2v) is 4.39. The molecule has 1 aromatic rings. The van der Waals surface area contributed by atoms with Gasteiger partial charge >= 0.3 is 0 Å². The third kappa shape index (κ3) is 2.02. The van der Waals surface area contributed by atoms with Gasteiger partial charge in [0.15, 0.2) is 0 Å². The molecule has 1 aliphatic rings. The van der Waals surface area contributed by atoms with Crippen LogP contribution in [0, 0.1) is 6.92 Å². The van der Waals surface area contributed by atoms with Crippen LogP contribution in [0.3, 0.4) is 0 Å². The molecule has 0 bridgehead atoms. The smallest absolute Gasteiger partial charge is 0.0860 e. The Morgan fingerprint density at radius 1 is 1.53 bits per heavy atom. The van der Waals surface area contributed by atoms with Crippen LogP contribution in [0.2, 0.25) is 5.02 Å². The van der Waals surface area contributed by atoms with Gasteiger partial charge in [0.25, 0.3) is 0 Å². The predicted octanol–water partition coefficient (Wildman–Crippen LogP) is 1.04. The summed E-state index contributed by atoms with van der Waals surface area (Å²) >= 11 is 6.18. The minimum Gasteiger partial charge on any atom is -0.390 e. The average molecular weight is 230 g/mol. The van der Waals surface area contributed by atoms with Gasteiger partial charge in [0.1, 0.15) is 0 Å². The summed E-state index contributed by atoms with van der Waals surface area (Å²) in [7, 11) is 0. The summed E-state index contributed by atoms with van der Waals surface area (Å²) in [6.45, 7) is 7.07.